The summed E-state index contributed by atoms with van der Waals surface area (Å²) in [5, 5.41) is 13.9. The van der Waals surface area contributed by atoms with Gasteiger partial charge in [0.1, 0.15) is 12.2 Å². The van der Waals surface area contributed by atoms with Gasteiger partial charge in [-0.1, -0.05) is 11.6 Å². The molecule has 8 heteroatoms. The molecular formula is C23H21N5O3. The molecule has 1 amide bonds. The third-order valence-corrected chi connectivity index (χ3v) is 5.08. The van der Waals surface area contributed by atoms with Crippen LogP contribution in [0.2, 0.25) is 0 Å². The van der Waals surface area contributed by atoms with Crippen LogP contribution >= 0.6 is 0 Å². The number of carbonyl (C=O) groups excluding carboxylic acids is 1. The maximum absolute atomic E-state index is 12.9. The number of carboxylic acids is 1. The maximum atomic E-state index is 12.9. The molecule has 0 aliphatic rings. The van der Waals surface area contributed by atoms with E-state index in [4.69, 9.17) is 5.11 Å². The van der Waals surface area contributed by atoms with Crippen molar-refractivity contribution in [1.29, 1.82) is 0 Å². The normalized spacial score (nSPS) is 10.9. The van der Waals surface area contributed by atoms with Crippen molar-refractivity contribution in [2.45, 2.75) is 20.4 Å². The molecule has 2 aromatic carbocycles. The molecule has 0 aliphatic heterocycles. The summed E-state index contributed by atoms with van der Waals surface area (Å²) >= 11 is 0. The number of aryl methyl sites for hydroxylation is 2. The van der Waals surface area contributed by atoms with Crippen LogP contribution in [0, 0.1) is 13.8 Å². The number of anilines is 1. The van der Waals surface area contributed by atoms with Gasteiger partial charge in [0.25, 0.3) is 5.91 Å². The Hall–Kier alpha value is -4.07. The van der Waals surface area contributed by atoms with E-state index in [1.165, 1.54) is 21.8 Å². The fourth-order valence-corrected chi connectivity index (χ4v) is 3.51. The number of amides is 1. The van der Waals surface area contributed by atoms with Crippen molar-refractivity contribution in [2.24, 2.45) is 0 Å². The fraction of sp³-hybridized carbons (Fsp3) is 0.174. The molecule has 8 nitrogen and oxygen atoms in total. The molecule has 0 aliphatic carbocycles. The maximum Gasteiger partial charge on any atom is 0.325 e. The van der Waals surface area contributed by atoms with Gasteiger partial charge in [0.15, 0.2) is 5.82 Å². The summed E-state index contributed by atoms with van der Waals surface area (Å²) in [5.41, 5.74) is 4.65. The highest BCUT2D eigenvalue weighted by Crippen LogP contribution is 2.27. The Balaban J connectivity index is 1.63. The quantitative estimate of drug-likeness (QED) is 0.536. The van der Waals surface area contributed by atoms with Gasteiger partial charge in [-0.3, -0.25) is 9.59 Å². The number of fused-ring (bicyclic) bond motifs is 1. The molecule has 0 saturated carbocycles. The highest BCUT2D eigenvalue weighted by molar-refractivity contribution is 6.05. The number of benzene rings is 2. The van der Waals surface area contributed by atoms with Crippen molar-refractivity contribution in [3.8, 4) is 11.4 Å². The van der Waals surface area contributed by atoms with Crippen molar-refractivity contribution in [2.75, 3.05) is 11.9 Å². The first-order chi connectivity index (χ1) is 14.8. The zero-order valence-electron chi connectivity index (χ0n) is 17.4. The van der Waals surface area contributed by atoms with Crippen molar-refractivity contribution >= 4 is 28.5 Å². The fourth-order valence-electron chi connectivity index (χ4n) is 3.51. The summed E-state index contributed by atoms with van der Waals surface area (Å²) in [6, 6.07) is 13.2. The van der Waals surface area contributed by atoms with E-state index >= 15 is 0 Å². The summed E-state index contributed by atoms with van der Waals surface area (Å²) in [4.78, 5) is 34.6. The van der Waals surface area contributed by atoms with Crippen molar-refractivity contribution in [3.05, 3.63) is 71.7 Å². The summed E-state index contributed by atoms with van der Waals surface area (Å²) in [7, 11) is 1.65. The van der Waals surface area contributed by atoms with Crippen molar-refractivity contribution in [1.82, 2.24) is 19.7 Å². The van der Waals surface area contributed by atoms with Gasteiger partial charge in [0.05, 0.1) is 5.52 Å². The molecule has 4 aromatic rings. The van der Waals surface area contributed by atoms with Crippen LogP contribution in [0.25, 0.3) is 22.3 Å². The smallest absolute Gasteiger partial charge is 0.325 e. The van der Waals surface area contributed by atoms with E-state index in [-0.39, 0.29) is 18.1 Å². The molecule has 0 saturated heterocycles. The Bertz CT molecular complexity index is 1310. The number of aromatic nitrogens is 4. The molecule has 156 valence electrons. The predicted molar refractivity (Wildman–Crippen MR) is 117 cm³/mol. The average Bonchev–Trinajstić information content (AvgIpc) is 3.19. The van der Waals surface area contributed by atoms with Crippen LogP contribution in [0.5, 0.6) is 0 Å². The monoisotopic (exact) mass is 415 g/mol. The molecule has 0 radical (unpaired) electrons. The SMILES string of the molecule is Cc1ccc2nc(-c3ccc(N(C)C(=O)c4ccnn4CC(=O)O)c(C)c3)ncc2c1. The second-order valence-electron chi connectivity index (χ2n) is 7.39. The van der Waals surface area contributed by atoms with E-state index < -0.39 is 5.97 Å². The van der Waals surface area contributed by atoms with Gasteiger partial charge in [0.2, 0.25) is 0 Å². The van der Waals surface area contributed by atoms with Crippen molar-refractivity contribution in [3.63, 3.8) is 0 Å². The summed E-state index contributed by atoms with van der Waals surface area (Å²) < 4.78 is 1.18. The predicted octanol–water partition coefficient (Wildman–Crippen LogP) is 3.47. The highest BCUT2D eigenvalue weighted by atomic mass is 16.4. The van der Waals surface area contributed by atoms with Crippen LogP contribution in [-0.4, -0.2) is 43.8 Å². The van der Waals surface area contributed by atoms with E-state index in [2.05, 4.69) is 15.1 Å². The minimum Gasteiger partial charge on any atom is -0.480 e. The zero-order chi connectivity index (χ0) is 22.1. The lowest BCUT2D eigenvalue weighted by Gasteiger charge is -2.20. The molecule has 0 spiro atoms. The lowest BCUT2D eigenvalue weighted by atomic mass is 10.1. The van der Waals surface area contributed by atoms with Crippen LogP contribution in [-0.2, 0) is 11.3 Å². The largest absolute Gasteiger partial charge is 0.480 e. The van der Waals surface area contributed by atoms with Gasteiger partial charge in [-0.2, -0.15) is 5.10 Å². The molecule has 2 heterocycles. The number of hydrogen-bond donors (Lipinski definition) is 1. The highest BCUT2D eigenvalue weighted by Gasteiger charge is 2.20. The molecule has 0 atom stereocenters. The molecule has 2 aromatic heterocycles. The Morgan fingerprint density at radius 3 is 2.65 bits per heavy atom. The third kappa shape index (κ3) is 4.00. The molecule has 0 unspecified atom stereocenters. The lowest BCUT2D eigenvalue weighted by Crippen LogP contribution is -2.30. The van der Waals surface area contributed by atoms with Crippen LogP contribution in [0.15, 0.2) is 54.9 Å². The summed E-state index contributed by atoms with van der Waals surface area (Å²) in [6.45, 7) is 3.56. The summed E-state index contributed by atoms with van der Waals surface area (Å²) in [6.07, 6.45) is 3.23. The Morgan fingerprint density at radius 2 is 1.90 bits per heavy atom. The minimum absolute atomic E-state index is 0.210. The molecule has 4 rings (SSSR count). The number of rotatable bonds is 5. The lowest BCUT2D eigenvalue weighted by molar-refractivity contribution is -0.137. The van der Waals surface area contributed by atoms with Gasteiger partial charge >= 0.3 is 5.97 Å². The van der Waals surface area contributed by atoms with Gasteiger partial charge in [-0.05, 0) is 55.8 Å². The van der Waals surface area contributed by atoms with E-state index in [0.29, 0.717) is 11.5 Å². The number of carboxylic acid groups (broad SMARTS) is 1. The first-order valence-electron chi connectivity index (χ1n) is 9.69. The third-order valence-electron chi connectivity index (χ3n) is 5.08. The second kappa shape index (κ2) is 7.98. The average molecular weight is 415 g/mol. The molecule has 31 heavy (non-hydrogen) atoms. The first kappa shape index (κ1) is 20.2. The van der Waals surface area contributed by atoms with Gasteiger partial charge in [-0.15, -0.1) is 0 Å². The van der Waals surface area contributed by atoms with Crippen LogP contribution in [0.4, 0.5) is 5.69 Å². The molecular weight excluding hydrogens is 394 g/mol. The number of aliphatic carboxylic acids is 1. The Morgan fingerprint density at radius 1 is 1.10 bits per heavy atom. The number of nitrogens with zero attached hydrogens (tertiary/aromatic N) is 5. The summed E-state index contributed by atoms with van der Waals surface area (Å²) in [5.74, 6) is -0.794. The molecule has 0 bridgehead atoms. The first-order valence-corrected chi connectivity index (χ1v) is 9.69. The molecule has 0 fully saturated rings. The van der Waals surface area contributed by atoms with E-state index in [9.17, 15) is 9.59 Å². The van der Waals surface area contributed by atoms with E-state index in [1.54, 1.807) is 7.05 Å². The Kier molecular flexibility index (Phi) is 5.21. The topological polar surface area (TPSA) is 101 Å². The van der Waals surface area contributed by atoms with Crippen LogP contribution in [0.3, 0.4) is 0 Å². The van der Waals surface area contributed by atoms with Gasteiger partial charge < -0.3 is 10.0 Å². The number of carbonyl (C=O) groups is 2. The van der Waals surface area contributed by atoms with Crippen molar-refractivity contribution < 1.29 is 14.7 Å². The van der Waals surface area contributed by atoms with Crippen LogP contribution in [0.1, 0.15) is 21.6 Å². The van der Waals surface area contributed by atoms with E-state index in [1.807, 2.05) is 56.4 Å². The van der Waals surface area contributed by atoms with Crippen LogP contribution < -0.4 is 4.90 Å². The zero-order valence-corrected chi connectivity index (χ0v) is 17.4. The second-order valence-corrected chi connectivity index (χ2v) is 7.39. The Labute approximate surface area is 178 Å². The molecule has 1 N–H and O–H groups in total. The standard InChI is InChI=1S/C23H21N5O3/c1-14-4-6-18-17(10-14)12-24-22(26-18)16-5-7-19(15(2)11-16)27(3)23(31)20-8-9-25-28(20)13-21(29)30/h4-12H,13H2,1-3H3,(H,29,30). The van der Waals surface area contributed by atoms with Gasteiger partial charge in [0, 0.05) is 36.1 Å². The minimum atomic E-state index is -1.06. The van der Waals surface area contributed by atoms with E-state index in [0.717, 1.165) is 27.6 Å². The number of hydrogen-bond acceptors (Lipinski definition) is 5. The van der Waals surface area contributed by atoms with Gasteiger partial charge in [-0.25, -0.2) is 14.6 Å².